The second kappa shape index (κ2) is 4.67. The molecule has 1 fully saturated rings. The topological polar surface area (TPSA) is 24.9 Å². The van der Waals surface area contributed by atoms with Gasteiger partial charge in [0.1, 0.15) is 5.01 Å². The summed E-state index contributed by atoms with van der Waals surface area (Å²) in [5, 5.41) is 5.44. The molecule has 0 aliphatic carbocycles. The first-order valence-electron chi connectivity index (χ1n) is 5.85. The van der Waals surface area contributed by atoms with Gasteiger partial charge < -0.3 is 5.32 Å². The summed E-state index contributed by atoms with van der Waals surface area (Å²) < 4.78 is 0. The third-order valence-electron chi connectivity index (χ3n) is 3.63. The number of aryl methyl sites for hydroxylation is 2. The van der Waals surface area contributed by atoms with Gasteiger partial charge in [0.25, 0.3) is 0 Å². The van der Waals surface area contributed by atoms with E-state index in [1.54, 1.807) is 0 Å². The van der Waals surface area contributed by atoms with E-state index in [1.807, 2.05) is 11.3 Å². The molecule has 2 unspecified atom stereocenters. The highest BCUT2D eigenvalue weighted by Crippen LogP contribution is 2.42. The minimum Gasteiger partial charge on any atom is -0.308 e. The van der Waals surface area contributed by atoms with Gasteiger partial charge in [-0.15, -0.1) is 11.3 Å². The zero-order chi connectivity index (χ0) is 11.8. The van der Waals surface area contributed by atoms with Crippen molar-refractivity contribution in [2.75, 3.05) is 12.8 Å². The molecule has 1 N–H and O–H groups in total. The van der Waals surface area contributed by atoms with Crippen LogP contribution in [0.4, 0.5) is 0 Å². The van der Waals surface area contributed by atoms with E-state index in [9.17, 15) is 0 Å². The fraction of sp³-hybridized carbons (Fsp3) is 0.750. The Kier molecular flexibility index (Phi) is 3.62. The van der Waals surface area contributed by atoms with Crippen molar-refractivity contribution in [3.63, 3.8) is 0 Å². The van der Waals surface area contributed by atoms with Crippen molar-refractivity contribution in [1.29, 1.82) is 0 Å². The van der Waals surface area contributed by atoms with E-state index in [4.69, 9.17) is 4.98 Å². The van der Waals surface area contributed by atoms with E-state index in [0.717, 1.165) is 0 Å². The number of hydrogen-bond acceptors (Lipinski definition) is 4. The Bertz CT molecular complexity index is 356. The van der Waals surface area contributed by atoms with Crippen LogP contribution in [-0.4, -0.2) is 23.0 Å². The lowest BCUT2D eigenvalue weighted by Crippen LogP contribution is -2.49. The number of nitrogens with zero attached hydrogens (tertiary/aromatic N) is 1. The maximum Gasteiger partial charge on any atom is 0.114 e. The molecule has 2 heterocycles. The summed E-state index contributed by atoms with van der Waals surface area (Å²) in [5.74, 6) is 1.29. The Morgan fingerprint density at radius 3 is 2.69 bits per heavy atom. The van der Waals surface area contributed by atoms with Gasteiger partial charge in [-0.25, -0.2) is 4.98 Å². The van der Waals surface area contributed by atoms with Gasteiger partial charge >= 0.3 is 0 Å². The molecule has 2 rings (SSSR count). The molecular formula is C12H20N2S2. The Morgan fingerprint density at radius 2 is 2.19 bits per heavy atom. The SMILES string of the molecule is CNC1(c2nc(C)c(C)s2)CCCSC1C. The molecule has 1 aromatic heterocycles. The molecule has 0 spiro atoms. The summed E-state index contributed by atoms with van der Waals surface area (Å²) >= 11 is 3.92. The Hall–Kier alpha value is -0.0600. The maximum atomic E-state index is 4.77. The fourth-order valence-corrected chi connectivity index (χ4v) is 4.94. The van der Waals surface area contributed by atoms with Crippen LogP contribution < -0.4 is 5.32 Å². The summed E-state index contributed by atoms with van der Waals surface area (Å²) in [7, 11) is 2.08. The summed E-state index contributed by atoms with van der Waals surface area (Å²) in [6, 6.07) is 0. The standard InChI is InChI=1S/C12H20N2S2/c1-8-9(2)16-11(14-8)12(13-4)6-5-7-15-10(12)3/h10,13H,5-7H2,1-4H3. The fourth-order valence-electron chi connectivity index (χ4n) is 2.34. The first-order chi connectivity index (χ1) is 7.60. The van der Waals surface area contributed by atoms with Crippen LogP contribution in [-0.2, 0) is 5.54 Å². The van der Waals surface area contributed by atoms with Crippen molar-refractivity contribution >= 4 is 23.1 Å². The molecule has 0 saturated carbocycles. The average Bonchev–Trinajstić information content (AvgIpc) is 2.61. The second-order valence-corrected chi connectivity index (χ2v) is 7.15. The zero-order valence-corrected chi connectivity index (χ0v) is 12.1. The van der Waals surface area contributed by atoms with Crippen molar-refractivity contribution in [2.24, 2.45) is 0 Å². The van der Waals surface area contributed by atoms with Gasteiger partial charge in [0.05, 0.1) is 11.2 Å². The molecule has 4 heteroatoms. The van der Waals surface area contributed by atoms with Crippen molar-refractivity contribution in [3.05, 3.63) is 15.6 Å². The minimum atomic E-state index is 0.104. The normalized spacial score (nSPS) is 30.6. The number of thiazole rings is 1. The highest BCUT2D eigenvalue weighted by atomic mass is 32.2. The number of rotatable bonds is 2. The van der Waals surface area contributed by atoms with E-state index in [-0.39, 0.29) is 5.54 Å². The molecule has 1 aliphatic rings. The Balaban J connectivity index is 2.39. The number of nitrogens with one attached hydrogen (secondary N) is 1. The van der Waals surface area contributed by atoms with E-state index < -0.39 is 0 Å². The lowest BCUT2D eigenvalue weighted by molar-refractivity contribution is 0.318. The van der Waals surface area contributed by atoms with Crippen LogP contribution in [0.2, 0.25) is 0 Å². The van der Waals surface area contributed by atoms with Crippen LogP contribution >= 0.6 is 23.1 Å². The third-order valence-corrected chi connectivity index (χ3v) is 6.31. The Morgan fingerprint density at radius 1 is 1.44 bits per heavy atom. The van der Waals surface area contributed by atoms with E-state index in [1.165, 1.54) is 34.2 Å². The second-order valence-electron chi connectivity index (χ2n) is 4.50. The molecule has 0 bridgehead atoms. The van der Waals surface area contributed by atoms with Crippen molar-refractivity contribution in [3.8, 4) is 0 Å². The van der Waals surface area contributed by atoms with Crippen LogP contribution in [0.5, 0.6) is 0 Å². The molecule has 2 nitrogen and oxygen atoms in total. The smallest absolute Gasteiger partial charge is 0.114 e. The first kappa shape index (κ1) is 12.4. The van der Waals surface area contributed by atoms with Crippen LogP contribution in [0.1, 0.15) is 35.3 Å². The van der Waals surface area contributed by atoms with Crippen molar-refractivity contribution in [2.45, 2.75) is 44.4 Å². The molecule has 1 aliphatic heterocycles. The van der Waals surface area contributed by atoms with Crippen LogP contribution in [0.3, 0.4) is 0 Å². The molecule has 90 valence electrons. The average molecular weight is 256 g/mol. The molecule has 0 radical (unpaired) electrons. The predicted octanol–water partition coefficient (Wildman–Crippen LogP) is 3.09. The van der Waals surface area contributed by atoms with E-state index >= 15 is 0 Å². The lowest BCUT2D eigenvalue weighted by atomic mass is 9.90. The summed E-state index contributed by atoms with van der Waals surface area (Å²) in [4.78, 5) is 6.12. The van der Waals surface area contributed by atoms with E-state index in [2.05, 4.69) is 44.9 Å². The molecule has 1 aromatic rings. The summed E-state index contributed by atoms with van der Waals surface area (Å²) in [6.07, 6.45) is 2.50. The molecular weight excluding hydrogens is 236 g/mol. The van der Waals surface area contributed by atoms with Crippen LogP contribution in [0.15, 0.2) is 0 Å². The quantitative estimate of drug-likeness (QED) is 0.880. The highest BCUT2D eigenvalue weighted by molar-refractivity contribution is 8.00. The van der Waals surface area contributed by atoms with Gasteiger partial charge in [0, 0.05) is 10.1 Å². The highest BCUT2D eigenvalue weighted by Gasteiger charge is 2.41. The third kappa shape index (κ3) is 1.91. The molecule has 0 amide bonds. The number of thioether (sulfide) groups is 1. The predicted molar refractivity (Wildman–Crippen MR) is 73.5 cm³/mol. The largest absolute Gasteiger partial charge is 0.308 e. The van der Waals surface area contributed by atoms with Gasteiger partial charge in [-0.2, -0.15) is 11.8 Å². The monoisotopic (exact) mass is 256 g/mol. The van der Waals surface area contributed by atoms with Crippen LogP contribution in [0.25, 0.3) is 0 Å². The summed E-state index contributed by atoms with van der Waals surface area (Å²) in [5.41, 5.74) is 1.30. The van der Waals surface area contributed by atoms with Gasteiger partial charge in [0.2, 0.25) is 0 Å². The van der Waals surface area contributed by atoms with Crippen LogP contribution in [0, 0.1) is 13.8 Å². The molecule has 1 saturated heterocycles. The molecule has 2 atom stereocenters. The zero-order valence-electron chi connectivity index (χ0n) is 10.5. The first-order valence-corrected chi connectivity index (χ1v) is 7.71. The Labute approximate surface area is 106 Å². The summed E-state index contributed by atoms with van der Waals surface area (Å²) in [6.45, 7) is 6.60. The molecule has 0 aromatic carbocycles. The van der Waals surface area contributed by atoms with E-state index in [0.29, 0.717) is 5.25 Å². The van der Waals surface area contributed by atoms with Gasteiger partial charge in [-0.05, 0) is 39.5 Å². The lowest BCUT2D eigenvalue weighted by Gasteiger charge is -2.40. The number of hydrogen-bond donors (Lipinski definition) is 1. The maximum absolute atomic E-state index is 4.77. The number of aromatic nitrogens is 1. The minimum absolute atomic E-state index is 0.104. The van der Waals surface area contributed by atoms with Gasteiger partial charge in [0.15, 0.2) is 0 Å². The van der Waals surface area contributed by atoms with Gasteiger partial charge in [-0.3, -0.25) is 0 Å². The van der Waals surface area contributed by atoms with Gasteiger partial charge in [-0.1, -0.05) is 6.92 Å². The van der Waals surface area contributed by atoms with Crippen molar-refractivity contribution in [1.82, 2.24) is 10.3 Å². The molecule has 16 heavy (non-hydrogen) atoms. The van der Waals surface area contributed by atoms with Crippen molar-refractivity contribution < 1.29 is 0 Å².